The third-order valence-electron chi connectivity index (χ3n) is 4.38. The Labute approximate surface area is 107 Å². The van der Waals surface area contributed by atoms with E-state index in [1.165, 1.54) is 10.5 Å². The number of aliphatic hydroxyl groups excluding tert-OH is 1. The number of carbonyl (C=O) groups is 1. The van der Waals surface area contributed by atoms with Crippen LogP contribution in [0.4, 0.5) is 0 Å². The van der Waals surface area contributed by atoms with Crippen LogP contribution in [0.25, 0.3) is 0 Å². The van der Waals surface area contributed by atoms with Crippen molar-refractivity contribution in [1.29, 1.82) is 0 Å². The lowest BCUT2D eigenvalue weighted by atomic mass is 9.84. The molecule has 3 aliphatic rings. The lowest BCUT2D eigenvalue weighted by molar-refractivity contribution is -0.140. The van der Waals surface area contributed by atoms with Crippen LogP contribution in [0.3, 0.4) is 0 Å². The average Bonchev–Trinajstić information content (AvgIpc) is 2.71. The number of rotatable bonds is 1. The molecule has 5 atom stereocenters. The zero-order valence-electron chi connectivity index (χ0n) is 11.0. The number of likely N-dealkylation sites (tertiary alicyclic amines) is 1. The molecular weight excluding hydrogens is 232 g/mol. The van der Waals surface area contributed by atoms with Crippen molar-refractivity contribution in [2.75, 3.05) is 13.1 Å². The highest BCUT2D eigenvalue weighted by molar-refractivity contribution is 5.84. The summed E-state index contributed by atoms with van der Waals surface area (Å²) in [5.74, 6) is -0.265. The fourth-order valence-electron chi connectivity index (χ4n) is 3.62. The Morgan fingerprint density at radius 1 is 1.67 bits per heavy atom. The third-order valence-corrected chi connectivity index (χ3v) is 4.38. The first kappa shape index (κ1) is 12.1. The molecule has 3 heterocycles. The fourth-order valence-corrected chi connectivity index (χ4v) is 3.62. The lowest BCUT2D eigenvalue weighted by Gasteiger charge is -2.36. The van der Waals surface area contributed by atoms with Crippen LogP contribution in [0.2, 0.25) is 0 Å². The monoisotopic (exact) mass is 252 g/mol. The van der Waals surface area contributed by atoms with Crippen LogP contribution in [0.5, 0.6) is 0 Å². The zero-order chi connectivity index (χ0) is 13.1. The molecule has 0 aliphatic carbocycles. The first-order chi connectivity index (χ1) is 8.48. The van der Waals surface area contributed by atoms with Crippen LogP contribution in [-0.4, -0.2) is 53.0 Å². The molecule has 0 aromatic heterocycles. The number of aliphatic hydroxyl groups is 1. The molecule has 18 heavy (non-hydrogen) atoms. The van der Waals surface area contributed by atoms with Crippen LogP contribution in [0.15, 0.2) is 11.6 Å². The molecule has 0 bridgehead atoms. The minimum absolute atomic E-state index is 0.00387. The van der Waals surface area contributed by atoms with Crippen molar-refractivity contribution in [1.82, 2.24) is 10.2 Å². The van der Waals surface area contributed by atoms with Crippen LogP contribution in [0, 0.1) is 5.92 Å². The highest BCUT2D eigenvalue weighted by Crippen LogP contribution is 2.44. The van der Waals surface area contributed by atoms with Crippen LogP contribution in [-0.2, 0) is 9.53 Å². The number of likely N-dealkylation sites (N-methyl/N-ethyl adjacent to an activating group) is 1. The second-order valence-electron chi connectivity index (χ2n) is 5.68. The Kier molecular flexibility index (Phi) is 2.56. The van der Waals surface area contributed by atoms with E-state index in [0.717, 1.165) is 6.54 Å². The molecule has 0 aromatic rings. The first-order valence-corrected chi connectivity index (χ1v) is 6.56. The van der Waals surface area contributed by atoms with Crippen molar-refractivity contribution in [2.24, 2.45) is 5.92 Å². The van der Waals surface area contributed by atoms with Gasteiger partial charge in [0.05, 0.1) is 12.0 Å². The topological polar surface area (TPSA) is 61.8 Å². The Hall–Kier alpha value is -0.910. The summed E-state index contributed by atoms with van der Waals surface area (Å²) < 4.78 is 6.01. The number of amides is 1. The number of fused-ring (bicyclic) bond motifs is 3. The molecule has 5 nitrogen and oxygen atoms in total. The Morgan fingerprint density at radius 2 is 2.39 bits per heavy atom. The molecule has 0 spiro atoms. The summed E-state index contributed by atoms with van der Waals surface area (Å²) in [6.45, 7) is 7.21. The number of nitrogens with zero attached hydrogens (tertiary/aromatic N) is 1. The van der Waals surface area contributed by atoms with Gasteiger partial charge in [-0.3, -0.25) is 4.79 Å². The molecule has 0 unspecified atom stereocenters. The standard InChI is InChI=1S/C13H20N2O3/c1-4-15-11(16)8-9(12(15)17)18-13(3)5-7(2)6-14-10(8)13/h5,8-10,12,14,17H,4,6H2,1-3H3/t8-,9-,10-,12-,13-/m0/s1. The molecule has 5 heteroatoms. The van der Waals surface area contributed by atoms with Gasteiger partial charge >= 0.3 is 0 Å². The Bertz CT molecular complexity index is 422. The summed E-state index contributed by atoms with van der Waals surface area (Å²) in [7, 11) is 0. The minimum Gasteiger partial charge on any atom is -0.371 e. The summed E-state index contributed by atoms with van der Waals surface area (Å²) in [5.41, 5.74) is 0.733. The quantitative estimate of drug-likeness (QED) is 0.638. The van der Waals surface area contributed by atoms with Gasteiger partial charge in [0.1, 0.15) is 11.7 Å². The zero-order valence-corrected chi connectivity index (χ0v) is 11.0. The summed E-state index contributed by atoms with van der Waals surface area (Å²) >= 11 is 0. The van der Waals surface area contributed by atoms with Gasteiger partial charge in [0.2, 0.25) is 5.91 Å². The minimum atomic E-state index is -0.814. The van der Waals surface area contributed by atoms with Crippen LogP contribution in [0.1, 0.15) is 20.8 Å². The second kappa shape index (κ2) is 3.79. The highest BCUT2D eigenvalue weighted by atomic mass is 16.5. The molecule has 0 aromatic carbocycles. The molecule has 2 fully saturated rings. The van der Waals surface area contributed by atoms with E-state index >= 15 is 0 Å². The van der Waals surface area contributed by atoms with Crippen molar-refractivity contribution in [3.63, 3.8) is 0 Å². The fraction of sp³-hybridized carbons (Fsp3) is 0.769. The maximum absolute atomic E-state index is 12.3. The molecular formula is C13H20N2O3. The molecule has 2 N–H and O–H groups in total. The van der Waals surface area contributed by atoms with Gasteiger partial charge in [-0.05, 0) is 20.8 Å². The first-order valence-electron chi connectivity index (χ1n) is 6.56. The van der Waals surface area contributed by atoms with Gasteiger partial charge in [0, 0.05) is 13.1 Å². The average molecular weight is 252 g/mol. The van der Waals surface area contributed by atoms with E-state index in [-0.39, 0.29) is 17.9 Å². The van der Waals surface area contributed by atoms with Crippen molar-refractivity contribution < 1.29 is 14.6 Å². The van der Waals surface area contributed by atoms with Gasteiger partial charge in [-0.15, -0.1) is 0 Å². The van der Waals surface area contributed by atoms with Gasteiger partial charge in [-0.1, -0.05) is 11.6 Å². The molecule has 100 valence electrons. The molecule has 0 saturated carbocycles. The number of hydrogen-bond acceptors (Lipinski definition) is 4. The summed E-state index contributed by atoms with van der Waals surface area (Å²) in [5, 5.41) is 13.6. The van der Waals surface area contributed by atoms with E-state index in [1.807, 2.05) is 20.8 Å². The molecule has 0 radical (unpaired) electrons. The summed E-state index contributed by atoms with van der Waals surface area (Å²) in [6, 6.07) is -0.0371. The van der Waals surface area contributed by atoms with Gasteiger partial charge in [0.15, 0.2) is 6.23 Å². The normalized spacial score (nSPS) is 47.0. The van der Waals surface area contributed by atoms with E-state index in [1.54, 1.807) is 0 Å². The summed E-state index contributed by atoms with van der Waals surface area (Å²) in [4.78, 5) is 13.8. The molecule has 1 amide bonds. The van der Waals surface area contributed by atoms with E-state index in [4.69, 9.17) is 4.74 Å². The third kappa shape index (κ3) is 1.41. The van der Waals surface area contributed by atoms with E-state index < -0.39 is 17.9 Å². The SMILES string of the molecule is CCN1C(=O)[C@H]2[C@H](O[C@@]3(C)C=C(C)CN[C@@H]23)[C@@H]1O. The van der Waals surface area contributed by atoms with Crippen molar-refractivity contribution in [2.45, 2.75) is 44.7 Å². The number of carbonyl (C=O) groups excluding carboxylic acids is 1. The second-order valence-corrected chi connectivity index (χ2v) is 5.68. The van der Waals surface area contributed by atoms with Crippen molar-refractivity contribution >= 4 is 5.91 Å². The number of hydrogen-bond donors (Lipinski definition) is 2. The van der Waals surface area contributed by atoms with Gasteiger partial charge < -0.3 is 20.1 Å². The highest BCUT2D eigenvalue weighted by Gasteiger charge is 2.62. The van der Waals surface area contributed by atoms with Gasteiger partial charge in [-0.2, -0.15) is 0 Å². The smallest absolute Gasteiger partial charge is 0.232 e. The summed E-state index contributed by atoms with van der Waals surface area (Å²) in [6.07, 6.45) is 0.857. The molecule has 3 aliphatic heterocycles. The number of nitrogens with one attached hydrogen (secondary N) is 1. The van der Waals surface area contributed by atoms with Gasteiger partial charge in [-0.25, -0.2) is 0 Å². The Morgan fingerprint density at radius 3 is 3.06 bits per heavy atom. The maximum Gasteiger partial charge on any atom is 0.232 e. The lowest BCUT2D eigenvalue weighted by Crippen LogP contribution is -2.54. The number of ether oxygens (including phenoxy) is 1. The van der Waals surface area contributed by atoms with Crippen molar-refractivity contribution in [3.05, 3.63) is 11.6 Å². The predicted molar refractivity (Wildman–Crippen MR) is 65.7 cm³/mol. The van der Waals surface area contributed by atoms with Crippen LogP contribution >= 0.6 is 0 Å². The van der Waals surface area contributed by atoms with Crippen molar-refractivity contribution in [3.8, 4) is 0 Å². The van der Waals surface area contributed by atoms with E-state index in [2.05, 4.69) is 11.4 Å². The predicted octanol–water partition coefficient (Wildman–Crippen LogP) is -0.141. The Balaban J connectivity index is 1.96. The largest absolute Gasteiger partial charge is 0.371 e. The van der Waals surface area contributed by atoms with Crippen LogP contribution < -0.4 is 5.32 Å². The molecule has 2 saturated heterocycles. The van der Waals surface area contributed by atoms with E-state index in [0.29, 0.717) is 6.54 Å². The van der Waals surface area contributed by atoms with E-state index in [9.17, 15) is 9.90 Å². The maximum atomic E-state index is 12.3. The van der Waals surface area contributed by atoms with Gasteiger partial charge in [0.25, 0.3) is 0 Å². The molecule has 3 rings (SSSR count).